The highest BCUT2D eigenvalue weighted by Gasteiger charge is 2.51. The van der Waals surface area contributed by atoms with E-state index >= 15 is 0 Å². The number of carboxylic acids is 2. The molecule has 6 heteroatoms. The van der Waals surface area contributed by atoms with Gasteiger partial charge in [0.15, 0.2) is 0 Å². The molecule has 3 rings (SSSR count). The zero-order valence-corrected chi connectivity index (χ0v) is 11.6. The van der Waals surface area contributed by atoms with Crippen molar-refractivity contribution in [3.8, 4) is 0 Å². The van der Waals surface area contributed by atoms with Crippen LogP contribution in [0.2, 0.25) is 0 Å². The fourth-order valence-corrected chi connectivity index (χ4v) is 3.44. The molecular weight excluding hydrogens is 286 g/mol. The maximum absolute atomic E-state index is 12.4. The van der Waals surface area contributed by atoms with Crippen molar-refractivity contribution in [2.24, 2.45) is 23.7 Å². The molecule has 3 N–H and O–H groups in total. The third-order valence-electron chi connectivity index (χ3n) is 4.45. The van der Waals surface area contributed by atoms with Crippen LogP contribution < -0.4 is 5.32 Å². The number of amides is 1. The van der Waals surface area contributed by atoms with E-state index in [1.807, 2.05) is 12.2 Å². The van der Waals surface area contributed by atoms with Crippen molar-refractivity contribution < 1.29 is 24.6 Å². The van der Waals surface area contributed by atoms with Crippen LogP contribution in [0.15, 0.2) is 36.4 Å². The van der Waals surface area contributed by atoms with Crippen LogP contribution in [0.1, 0.15) is 16.8 Å². The molecule has 0 radical (unpaired) electrons. The summed E-state index contributed by atoms with van der Waals surface area (Å²) in [7, 11) is 0. The Bertz CT molecular complexity index is 664. The van der Waals surface area contributed by atoms with Gasteiger partial charge in [-0.3, -0.25) is 9.59 Å². The first kappa shape index (κ1) is 14.3. The van der Waals surface area contributed by atoms with Gasteiger partial charge >= 0.3 is 11.9 Å². The molecule has 114 valence electrons. The van der Waals surface area contributed by atoms with Gasteiger partial charge in [-0.2, -0.15) is 0 Å². The summed E-state index contributed by atoms with van der Waals surface area (Å²) in [5, 5.41) is 20.9. The van der Waals surface area contributed by atoms with Crippen LogP contribution in [0.3, 0.4) is 0 Å². The number of carboxylic acid groups (broad SMARTS) is 2. The molecule has 22 heavy (non-hydrogen) atoms. The number of nitrogens with one attached hydrogen (secondary N) is 1. The molecule has 2 bridgehead atoms. The second-order valence-electron chi connectivity index (χ2n) is 5.71. The molecule has 0 aliphatic heterocycles. The highest BCUT2D eigenvalue weighted by molar-refractivity contribution is 5.97. The Hall–Kier alpha value is -2.63. The SMILES string of the molecule is O=C(O)c1ccc(NC(=O)[C@@H]2[C@@H](C(=O)O)[C@H]3C=C[C@H]2C3)cc1. The number of aromatic carboxylic acids is 1. The normalized spacial score (nSPS) is 28.5. The second kappa shape index (κ2) is 5.29. The highest BCUT2D eigenvalue weighted by atomic mass is 16.4. The monoisotopic (exact) mass is 301 g/mol. The zero-order chi connectivity index (χ0) is 15.9. The van der Waals surface area contributed by atoms with Crippen LogP contribution in [0.4, 0.5) is 5.69 Å². The lowest BCUT2D eigenvalue weighted by Crippen LogP contribution is -2.36. The van der Waals surface area contributed by atoms with Gasteiger partial charge in [-0.1, -0.05) is 12.2 Å². The zero-order valence-electron chi connectivity index (χ0n) is 11.6. The van der Waals surface area contributed by atoms with Crippen LogP contribution in [0.25, 0.3) is 0 Å². The predicted molar refractivity (Wildman–Crippen MR) is 77.4 cm³/mol. The number of aliphatic carboxylic acids is 1. The Morgan fingerprint density at radius 2 is 1.55 bits per heavy atom. The van der Waals surface area contributed by atoms with Crippen molar-refractivity contribution >= 4 is 23.5 Å². The molecule has 0 spiro atoms. The van der Waals surface area contributed by atoms with Crippen molar-refractivity contribution in [2.45, 2.75) is 6.42 Å². The largest absolute Gasteiger partial charge is 0.481 e. The van der Waals surface area contributed by atoms with Gasteiger partial charge < -0.3 is 15.5 Å². The van der Waals surface area contributed by atoms with E-state index in [-0.39, 0.29) is 23.3 Å². The fraction of sp³-hybridized carbons (Fsp3) is 0.312. The Kier molecular flexibility index (Phi) is 3.44. The lowest BCUT2D eigenvalue weighted by molar-refractivity contribution is -0.146. The molecule has 0 saturated heterocycles. The van der Waals surface area contributed by atoms with E-state index in [0.29, 0.717) is 12.1 Å². The molecule has 1 aromatic carbocycles. The molecule has 0 aromatic heterocycles. The summed E-state index contributed by atoms with van der Waals surface area (Å²) in [6.07, 6.45) is 4.50. The Morgan fingerprint density at radius 3 is 2.09 bits per heavy atom. The average molecular weight is 301 g/mol. The van der Waals surface area contributed by atoms with Gasteiger partial charge in [0.05, 0.1) is 17.4 Å². The van der Waals surface area contributed by atoms with Gasteiger partial charge in [-0.05, 0) is 42.5 Å². The number of fused-ring (bicyclic) bond motifs is 2. The van der Waals surface area contributed by atoms with Crippen molar-refractivity contribution in [1.82, 2.24) is 0 Å². The lowest BCUT2D eigenvalue weighted by Gasteiger charge is -2.23. The van der Waals surface area contributed by atoms with Crippen molar-refractivity contribution in [3.63, 3.8) is 0 Å². The minimum absolute atomic E-state index is 0.0376. The number of hydrogen-bond donors (Lipinski definition) is 3. The van der Waals surface area contributed by atoms with Crippen LogP contribution in [0, 0.1) is 23.7 Å². The molecule has 2 aliphatic carbocycles. The van der Waals surface area contributed by atoms with E-state index < -0.39 is 23.8 Å². The molecule has 2 aliphatic rings. The summed E-state index contributed by atoms with van der Waals surface area (Å²) in [4.78, 5) is 34.6. The third-order valence-corrected chi connectivity index (χ3v) is 4.45. The number of carbonyl (C=O) groups excluding carboxylic acids is 1. The lowest BCUT2D eigenvalue weighted by atomic mass is 9.82. The molecule has 6 nitrogen and oxygen atoms in total. The molecule has 0 unspecified atom stereocenters. The van der Waals surface area contributed by atoms with Gasteiger partial charge in [0.1, 0.15) is 0 Å². The van der Waals surface area contributed by atoms with E-state index in [0.717, 1.165) is 0 Å². The Morgan fingerprint density at radius 1 is 0.955 bits per heavy atom. The number of allylic oxidation sites excluding steroid dienone is 2. The first-order valence-corrected chi connectivity index (χ1v) is 7.02. The van der Waals surface area contributed by atoms with Gasteiger partial charge in [-0.25, -0.2) is 4.79 Å². The van der Waals surface area contributed by atoms with E-state index in [9.17, 15) is 19.5 Å². The second-order valence-corrected chi connectivity index (χ2v) is 5.71. The van der Waals surface area contributed by atoms with E-state index in [1.54, 1.807) is 0 Å². The van der Waals surface area contributed by atoms with Crippen LogP contribution >= 0.6 is 0 Å². The highest BCUT2D eigenvalue weighted by Crippen LogP contribution is 2.48. The first-order chi connectivity index (χ1) is 10.5. The minimum atomic E-state index is -1.04. The molecule has 1 aromatic rings. The topological polar surface area (TPSA) is 104 Å². The summed E-state index contributed by atoms with van der Waals surface area (Å²) in [6.45, 7) is 0. The molecule has 0 heterocycles. The maximum Gasteiger partial charge on any atom is 0.335 e. The van der Waals surface area contributed by atoms with E-state index in [4.69, 9.17) is 5.11 Å². The standard InChI is InChI=1S/C16H15NO5/c18-14(17-11-5-3-8(4-6-11)15(19)20)12-9-1-2-10(7-9)13(12)16(21)22/h1-6,9-10,12-13H,7H2,(H,17,18)(H,19,20)(H,21,22)/t9-,10-,12-,13-/m0/s1. The summed E-state index contributed by atoms with van der Waals surface area (Å²) in [6, 6.07) is 5.79. The fourth-order valence-electron chi connectivity index (χ4n) is 3.44. The van der Waals surface area contributed by atoms with Crippen molar-refractivity contribution in [3.05, 3.63) is 42.0 Å². The average Bonchev–Trinajstić information content (AvgIpc) is 3.08. The molecule has 1 amide bonds. The van der Waals surface area contributed by atoms with Gasteiger partial charge in [0, 0.05) is 5.69 Å². The summed E-state index contributed by atoms with van der Waals surface area (Å²) >= 11 is 0. The van der Waals surface area contributed by atoms with Crippen LogP contribution in [-0.4, -0.2) is 28.1 Å². The number of rotatable bonds is 4. The number of benzene rings is 1. The summed E-state index contributed by atoms with van der Waals surface area (Å²) < 4.78 is 0. The van der Waals surface area contributed by atoms with Gasteiger partial charge in [0.2, 0.25) is 5.91 Å². The third kappa shape index (κ3) is 2.36. The molecule has 4 atom stereocenters. The molecule has 1 fully saturated rings. The maximum atomic E-state index is 12.4. The number of hydrogen-bond acceptors (Lipinski definition) is 3. The molecular formula is C16H15NO5. The Labute approximate surface area is 126 Å². The quantitative estimate of drug-likeness (QED) is 0.736. The number of anilines is 1. The first-order valence-electron chi connectivity index (χ1n) is 7.02. The van der Waals surface area contributed by atoms with E-state index in [1.165, 1.54) is 24.3 Å². The van der Waals surface area contributed by atoms with Gasteiger partial charge in [-0.15, -0.1) is 0 Å². The van der Waals surface area contributed by atoms with E-state index in [2.05, 4.69) is 5.32 Å². The number of carbonyl (C=O) groups is 3. The Balaban J connectivity index is 1.75. The summed E-state index contributed by atoms with van der Waals surface area (Å²) in [5.74, 6) is -3.69. The van der Waals surface area contributed by atoms with Gasteiger partial charge in [0.25, 0.3) is 0 Å². The van der Waals surface area contributed by atoms with Crippen LogP contribution in [0.5, 0.6) is 0 Å². The van der Waals surface area contributed by atoms with Crippen LogP contribution in [-0.2, 0) is 9.59 Å². The molecule has 1 saturated carbocycles. The summed E-state index contributed by atoms with van der Waals surface area (Å²) in [5.41, 5.74) is 0.593. The van der Waals surface area contributed by atoms with Crippen molar-refractivity contribution in [2.75, 3.05) is 5.32 Å². The minimum Gasteiger partial charge on any atom is -0.481 e. The predicted octanol–water partition coefficient (Wildman–Crippen LogP) is 1.85. The smallest absolute Gasteiger partial charge is 0.335 e. The van der Waals surface area contributed by atoms with Crippen molar-refractivity contribution in [1.29, 1.82) is 0 Å².